The van der Waals surface area contributed by atoms with Gasteiger partial charge in [0.25, 0.3) is 0 Å². The lowest BCUT2D eigenvalue weighted by Gasteiger charge is -2.27. The number of aliphatic hydroxyl groups excluding tert-OH is 4. The van der Waals surface area contributed by atoms with E-state index in [9.17, 15) is 19.8 Å². The van der Waals surface area contributed by atoms with E-state index >= 15 is 0 Å². The zero-order valence-corrected chi connectivity index (χ0v) is 12.9. The summed E-state index contributed by atoms with van der Waals surface area (Å²) in [5.74, 6) is -4.22. The molecule has 10 nitrogen and oxygen atoms in total. The van der Waals surface area contributed by atoms with Crippen molar-refractivity contribution in [2.24, 2.45) is 0 Å². The van der Waals surface area contributed by atoms with Gasteiger partial charge >= 0.3 is 0 Å². The third-order valence-corrected chi connectivity index (χ3v) is 3.05. The molecule has 0 aliphatic carbocycles. The van der Waals surface area contributed by atoms with Crippen LogP contribution < -0.4 is 21.7 Å². The van der Waals surface area contributed by atoms with Crippen LogP contribution in [0.2, 0.25) is 0 Å². The van der Waals surface area contributed by atoms with Crippen LogP contribution in [0.4, 0.5) is 0 Å². The predicted octanol–water partition coefficient (Wildman–Crippen LogP) is -6.90. The summed E-state index contributed by atoms with van der Waals surface area (Å²) in [7, 11) is 0. The minimum absolute atomic E-state index is 0.869. The third-order valence-electron chi connectivity index (χ3n) is 3.05. The second-order valence-corrected chi connectivity index (χ2v) is 4.83. The molecule has 0 radical (unpaired) electrons. The Morgan fingerprint density at radius 1 is 0.875 bits per heavy atom. The first-order valence-electron chi connectivity index (χ1n) is 6.96. The van der Waals surface area contributed by atoms with Crippen molar-refractivity contribution in [1.82, 2.24) is 0 Å². The molecule has 24 heavy (non-hydrogen) atoms. The largest absolute Gasteiger partial charge is 0.547 e. The lowest BCUT2D eigenvalue weighted by atomic mass is 10.0. The molecule has 10 N–H and O–H groups in total. The Balaban J connectivity index is 0.000000463. The number of hydrogen-bond donors (Lipinski definition) is 6. The number of carboxylic acids is 2. The van der Waals surface area contributed by atoms with Gasteiger partial charge < -0.3 is 51.7 Å². The molecule has 1 aromatic carbocycles. The van der Waals surface area contributed by atoms with Crippen LogP contribution in [0.3, 0.4) is 0 Å². The lowest BCUT2D eigenvalue weighted by molar-refractivity contribution is -0.388. The molecule has 1 aromatic rings. The van der Waals surface area contributed by atoms with E-state index in [4.69, 9.17) is 20.4 Å². The minimum Gasteiger partial charge on any atom is -0.547 e. The summed E-state index contributed by atoms with van der Waals surface area (Å²) in [4.78, 5) is 19.9. The monoisotopic (exact) mass is 346 g/mol. The Morgan fingerprint density at radius 3 is 1.46 bits per heavy atom. The average molecular weight is 346 g/mol. The maximum absolute atomic E-state index is 9.96. The molecular formula is C14H22N2O8. The Hall–Kier alpha value is -2.08. The minimum atomic E-state index is -2.50. The van der Waals surface area contributed by atoms with Gasteiger partial charge in [-0.25, -0.2) is 0 Å². The van der Waals surface area contributed by atoms with E-state index < -0.39 is 36.4 Å². The Labute approximate surface area is 137 Å². The molecule has 4 atom stereocenters. The second-order valence-electron chi connectivity index (χ2n) is 4.83. The topological polar surface area (TPSA) is 216 Å². The van der Waals surface area contributed by atoms with E-state index in [0.29, 0.717) is 0 Å². The van der Waals surface area contributed by atoms with E-state index in [1.807, 2.05) is 0 Å². The first-order valence-corrected chi connectivity index (χ1v) is 6.96. The van der Waals surface area contributed by atoms with Crippen molar-refractivity contribution in [1.29, 1.82) is 0 Å². The fraction of sp³-hybridized carbons (Fsp3) is 0.429. The molecule has 0 spiro atoms. The van der Waals surface area contributed by atoms with Gasteiger partial charge in [-0.1, -0.05) is 18.2 Å². The first kappa shape index (κ1) is 21.9. The van der Waals surface area contributed by atoms with Crippen LogP contribution in [0.5, 0.6) is 0 Å². The number of hydrogen-bond acceptors (Lipinski definition) is 8. The zero-order chi connectivity index (χ0) is 18.9. The van der Waals surface area contributed by atoms with Crippen LogP contribution in [-0.4, -0.2) is 56.8 Å². The van der Waals surface area contributed by atoms with Gasteiger partial charge in [0.2, 0.25) is 0 Å². The molecule has 10 heteroatoms. The second kappa shape index (κ2) is 10.6. The molecular weight excluding hydrogens is 324 g/mol. The van der Waals surface area contributed by atoms with Crippen LogP contribution >= 0.6 is 0 Å². The van der Waals surface area contributed by atoms with Gasteiger partial charge in [-0.2, -0.15) is 0 Å². The van der Waals surface area contributed by atoms with Crippen molar-refractivity contribution >= 4 is 11.9 Å². The maximum Gasteiger partial charge on any atom is 0.122 e. The van der Waals surface area contributed by atoms with Crippen molar-refractivity contribution in [3.63, 3.8) is 0 Å². The third kappa shape index (κ3) is 7.00. The van der Waals surface area contributed by atoms with Gasteiger partial charge in [0.05, 0.1) is 25.0 Å². The standard InChI is InChI=1S/C8H12N2.C6H10O8/c9-5-7-2-1-3-8(4-7)6-10;7-1(3(9)5(11)12)2(8)4(10)6(13)14/h1-4H,5-6,9-10H2;1-4,7-10H,(H,11,12)(H,13,14)/t;1-,2+,3+,4-. The maximum atomic E-state index is 9.96. The van der Waals surface area contributed by atoms with Gasteiger partial charge in [-0.05, 0) is 6.07 Å². The Bertz CT molecular complexity index is 496. The highest BCUT2D eigenvalue weighted by Gasteiger charge is 2.31. The summed E-state index contributed by atoms with van der Waals surface area (Å²) < 4.78 is 0. The van der Waals surface area contributed by atoms with E-state index in [0.717, 1.165) is 13.1 Å². The molecule has 0 saturated carbocycles. The normalized spacial score (nSPS) is 15.4. The Morgan fingerprint density at radius 2 is 1.21 bits per heavy atom. The smallest absolute Gasteiger partial charge is 0.122 e. The summed E-state index contributed by atoms with van der Waals surface area (Å²) in [5, 5.41) is 54.7. The Kier molecular flexibility index (Phi) is 9.73. The van der Waals surface area contributed by atoms with E-state index in [1.54, 1.807) is 0 Å². The van der Waals surface area contributed by atoms with Crippen molar-refractivity contribution in [2.75, 3.05) is 0 Å². The number of carbonyl (C=O) groups is 2. The number of aliphatic carboxylic acids is 2. The van der Waals surface area contributed by atoms with Gasteiger partial charge in [0, 0.05) is 11.1 Å². The molecule has 1 rings (SSSR count). The van der Waals surface area contributed by atoms with Gasteiger partial charge in [-0.3, -0.25) is 0 Å². The van der Waals surface area contributed by atoms with Crippen LogP contribution in [-0.2, 0) is 22.7 Å². The molecule has 0 aliphatic heterocycles. The molecule has 0 unspecified atom stereocenters. The average Bonchev–Trinajstić information content (AvgIpc) is 2.59. The molecule has 0 bridgehead atoms. The van der Waals surface area contributed by atoms with E-state index in [2.05, 4.69) is 35.7 Å². The van der Waals surface area contributed by atoms with Crippen molar-refractivity contribution in [3.8, 4) is 0 Å². The highest BCUT2D eigenvalue weighted by molar-refractivity contribution is 5.72. The van der Waals surface area contributed by atoms with Gasteiger partial charge in [-0.15, -0.1) is 0 Å². The number of benzene rings is 1. The van der Waals surface area contributed by atoms with Gasteiger partial charge in [0.1, 0.15) is 24.4 Å². The van der Waals surface area contributed by atoms with Crippen LogP contribution in [0, 0.1) is 0 Å². The number of aliphatic hydroxyl groups is 4. The molecule has 0 heterocycles. The summed E-state index contributed by atoms with van der Waals surface area (Å²) in [6, 6.07) is 8.39. The SMILES string of the molecule is O=C([O-])[C@@H](O)[C@H](O)[C@H](O)[C@@H](O)C(=O)[O-].[NH3+]Cc1cccc(C[NH3+])c1. The quantitative estimate of drug-likeness (QED) is 0.278. The number of carboxylic acid groups (broad SMARTS) is 2. The van der Waals surface area contributed by atoms with Crippen LogP contribution in [0.1, 0.15) is 11.1 Å². The fourth-order valence-corrected chi connectivity index (χ4v) is 1.59. The number of quaternary nitrogens is 2. The first-order chi connectivity index (χ1) is 11.1. The zero-order valence-electron chi connectivity index (χ0n) is 12.9. The summed E-state index contributed by atoms with van der Waals surface area (Å²) >= 11 is 0. The molecule has 136 valence electrons. The number of carbonyl (C=O) groups excluding carboxylic acids is 2. The predicted molar refractivity (Wildman–Crippen MR) is 73.7 cm³/mol. The molecule has 0 saturated heterocycles. The van der Waals surface area contributed by atoms with E-state index in [-0.39, 0.29) is 0 Å². The molecule has 0 fully saturated rings. The van der Waals surface area contributed by atoms with Gasteiger partial charge in [0.15, 0.2) is 0 Å². The molecule has 0 amide bonds. The highest BCUT2D eigenvalue weighted by Crippen LogP contribution is 2.04. The van der Waals surface area contributed by atoms with Crippen LogP contribution in [0.15, 0.2) is 24.3 Å². The fourth-order valence-electron chi connectivity index (χ4n) is 1.59. The van der Waals surface area contributed by atoms with Crippen molar-refractivity contribution in [3.05, 3.63) is 35.4 Å². The lowest BCUT2D eigenvalue weighted by Crippen LogP contribution is -2.55. The van der Waals surface area contributed by atoms with Crippen molar-refractivity contribution in [2.45, 2.75) is 37.5 Å². The summed E-state index contributed by atoms with van der Waals surface area (Å²) in [6.45, 7) is 1.74. The highest BCUT2D eigenvalue weighted by atomic mass is 16.4. The molecule has 0 aliphatic rings. The van der Waals surface area contributed by atoms with Crippen molar-refractivity contribution < 1.29 is 51.7 Å². The molecule has 0 aromatic heterocycles. The summed E-state index contributed by atoms with van der Waals surface area (Å²) in [5.41, 5.74) is 10.2. The van der Waals surface area contributed by atoms with E-state index in [1.165, 1.54) is 11.1 Å². The summed E-state index contributed by atoms with van der Waals surface area (Å²) in [6.07, 6.45) is -9.76. The van der Waals surface area contributed by atoms with Crippen LogP contribution in [0.25, 0.3) is 0 Å². The number of rotatable bonds is 7.